The predicted molar refractivity (Wildman–Crippen MR) is 137 cm³/mol. The summed E-state index contributed by atoms with van der Waals surface area (Å²) in [5.41, 5.74) is -0.464. The highest BCUT2D eigenvalue weighted by atomic mass is 19.2. The van der Waals surface area contributed by atoms with Crippen LogP contribution in [0.25, 0.3) is 11.3 Å². The zero-order chi connectivity index (χ0) is 28.3. The Bertz CT molecular complexity index is 1410. The number of aromatic nitrogens is 2. The van der Waals surface area contributed by atoms with E-state index in [0.29, 0.717) is 37.4 Å². The number of hydrogen-bond donors (Lipinski definition) is 0. The molecule has 0 aliphatic carbocycles. The highest BCUT2D eigenvalue weighted by Gasteiger charge is 2.26. The van der Waals surface area contributed by atoms with Crippen LogP contribution in [-0.4, -0.2) is 52.9 Å². The standard InChI is InChI=1S/C28H28F4N4O3/c1-17-25(18(2)38)27(21-14-23(30)26(32)24(31)15-21)36(28(39)33-17)35(16-37)11-3-10-34-12-8-20(9-13-34)19-4-6-22(29)7-5-19/h4-7,14-16,20H,3,8-13H2,1-2H3. The maximum absolute atomic E-state index is 14.1. The first-order chi connectivity index (χ1) is 18.6. The Morgan fingerprint density at radius 1 is 1.08 bits per heavy atom. The van der Waals surface area contributed by atoms with Crippen molar-refractivity contribution in [1.82, 2.24) is 14.6 Å². The summed E-state index contributed by atoms with van der Waals surface area (Å²) in [6.07, 6.45) is 2.60. The first kappa shape index (κ1) is 28.2. The molecule has 1 aliphatic rings. The van der Waals surface area contributed by atoms with Gasteiger partial charge in [0, 0.05) is 12.1 Å². The SMILES string of the molecule is CC(=O)c1c(C)nc(=O)n(N(C=O)CCCN2CCC(c3ccc(F)cc3)CC2)c1-c1cc(F)c(F)c(F)c1. The summed E-state index contributed by atoms with van der Waals surface area (Å²) in [5.74, 6) is -5.20. The first-order valence-corrected chi connectivity index (χ1v) is 12.6. The molecule has 1 aliphatic heterocycles. The van der Waals surface area contributed by atoms with Gasteiger partial charge in [0.1, 0.15) is 5.82 Å². The zero-order valence-electron chi connectivity index (χ0n) is 21.6. The fourth-order valence-electron chi connectivity index (χ4n) is 5.12. The van der Waals surface area contributed by atoms with Crippen LogP contribution >= 0.6 is 0 Å². The molecular formula is C28H28F4N4O3. The van der Waals surface area contributed by atoms with E-state index in [2.05, 4.69) is 9.88 Å². The lowest BCUT2D eigenvalue weighted by molar-refractivity contribution is -0.108. The average Bonchev–Trinajstić information content (AvgIpc) is 2.90. The van der Waals surface area contributed by atoms with E-state index < -0.39 is 28.9 Å². The summed E-state index contributed by atoms with van der Waals surface area (Å²) in [6, 6.07) is 7.86. The second kappa shape index (κ2) is 11.9. The number of Topliss-reactive ketones (excluding diaryl/α,β-unsaturated/α-hetero) is 1. The molecule has 0 radical (unpaired) electrons. The van der Waals surface area contributed by atoms with Gasteiger partial charge < -0.3 is 4.90 Å². The van der Waals surface area contributed by atoms with E-state index in [9.17, 15) is 31.9 Å². The van der Waals surface area contributed by atoms with Crippen LogP contribution in [0.2, 0.25) is 0 Å². The monoisotopic (exact) mass is 544 g/mol. The Balaban J connectivity index is 1.54. The number of aryl methyl sites for hydroxylation is 1. The van der Waals surface area contributed by atoms with Crippen molar-refractivity contribution in [3.8, 4) is 11.3 Å². The molecule has 4 rings (SSSR count). The van der Waals surface area contributed by atoms with Crippen LogP contribution in [0.1, 0.15) is 53.7 Å². The van der Waals surface area contributed by atoms with Gasteiger partial charge in [-0.2, -0.15) is 9.66 Å². The van der Waals surface area contributed by atoms with E-state index in [1.54, 1.807) is 12.1 Å². The van der Waals surface area contributed by atoms with Crippen LogP contribution < -0.4 is 10.7 Å². The van der Waals surface area contributed by atoms with Gasteiger partial charge in [-0.1, -0.05) is 12.1 Å². The van der Waals surface area contributed by atoms with Crippen molar-refractivity contribution in [3.05, 3.63) is 87.0 Å². The molecule has 1 amide bonds. The molecular weight excluding hydrogens is 516 g/mol. The fraction of sp³-hybridized carbons (Fsp3) is 0.357. The predicted octanol–water partition coefficient (Wildman–Crippen LogP) is 4.34. The molecule has 0 N–H and O–H groups in total. The van der Waals surface area contributed by atoms with Gasteiger partial charge in [0.25, 0.3) is 0 Å². The number of amides is 1. The van der Waals surface area contributed by atoms with E-state index in [4.69, 9.17) is 0 Å². The second-order valence-corrected chi connectivity index (χ2v) is 9.61. The number of hydrogen-bond acceptors (Lipinski definition) is 5. The normalized spacial score (nSPS) is 14.4. The maximum atomic E-state index is 14.1. The van der Waals surface area contributed by atoms with Crippen LogP contribution in [0.3, 0.4) is 0 Å². The number of benzene rings is 2. The van der Waals surface area contributed by atoms with Crippen molar-refractivity contribution in [2.75, 3.05) is 31.2 Å². The number of nitrogens with zero attached hydrogens (tertiary/aromatic N) is 4. The molecule has 0 atom stereocenters. The van der Waals surface area contributed by atoms with Gasteiger partial charge in [0.2, 0.25) is 6.41 Å². The van der Waals surface area contributed by atoms with Gasteiger partial charge in [-0.05, 0) is 88.5 Å². The minimum atomic E-state index is -1.70. The van der Waals surface area contributed by atoms with E-state index in [-0.39, 0.29) is 34.9 Å². The lowest BCUT2D eigenvalue weighted by atomic mass is 9.89. The summed E-state index contributed by atoms with van der Waals surface area (Å²) in [5, 5.41) is 1.00. The lowest BCUT2D eigenvalue weighted by Crippen LogP contribution is -2.46. The summed E-state index contributed by atoms with van der Waals surface area (Å²) < 4.78 is 56.0. The molecule has 11 heteroatoms. The van der Waals surface area contributed by atoms with E-state index in [1.165, 1.54) is 26.0 Å². The summed E-state index contributed by atoms with van der Waals surface area (Å²) >= 11 is 0. The Hall–Kier alpha value is -3.86. The third-order valence-corrected chi connectivity index (χ3v) is 7.03. The second-order valence-electron chi connectivity index (χ2n) is 9.61. The molecule has 0 saturated carbocycles. The van der Waals surface area contributed by atoms with Crippen LogP contribution in [0.15, 0.2) is 41.2 Å². The number of halogens is 4. The Morgan fingerprint density at radius 3 is 2.26 bits per heavy atom. The van der Waals surface area contributed by atoms with Gasteiger partial charge in [-0.25, -0.2) is 27.4 Å². The molecule has 1 aromatic heterocycles. The number of ketones is 1. The topological polar surface area (TPSA) is 75.5 Å². The smallest absolute Gasteiger partial charge is 0.303 e. The molecule has 7 nitrogen and oxygen atoms in total. The molecule has 0 unspecified atom stereocenters. The third-order valence-electron chi connectivity index (χ3n) is 7.03. The van der Waals surface area contributed by atoms with Gasteiger partial charge in [-0.3, -0.25) is 9.59 Å². The van der Waals surface area contributed by atoms with Crippen molar-refractivity contribution < 1.29 is 27.2 Å². The van der Waals surface area contributed by atoms with E-state index in [0.717, 1.165) is 41.2 Å². The molecule has 1 saturated heterocycles. The van der Waals surface area contributed by atoms with Crippen LogP contribution in [0.5, 0.6) is 0 Å². The minimum absolute atomic E-state index is 0.0127. The quantitative estimate of drug-likeness (QED) is 0.173. The highest BCUT2D eigenvalue weighted by Crippen LogP contribution is 2.29. The third kappa shape index (κ3) is 6.08. The van der Waals surface area contributed by atoms with Crippen LogP contribution in [0, 0.1) is 30.2 Å². The summed E-state index contributed by atoms with van der Waals surface area (Å²) in [6.45, 7) is 4.82. The van der Waals surface area contributed by atoms with Crippen molar-refractivity contribution in [3.63, 3.8) is 0 Å². The minimum Gasteiger partial charge on any atom is -0.303 e. The summed E-state index contributed by atoms with van der Waals surface area (Å²) in [7, 11) is 0. The van der Waals surface area contributed by atoms with Crippen molar-refractivity contribution >= 4 is 12.2 Å². The molecule has 2 aromatic carbocycles. The zero-order valence-corrected chi connectivity index (χ0v) is 21.6. The van der Waals surface area contributed by atoms with Crippen LogP contribution in [-0.2, 0) is 4.79 Å². The van der Waals surface area contributed by atoms with E-state index >= 15 is 0 Å². The van der Waals surface area contributed by atoms with Crippen molar-refractivity contribution in [1.29, 1.82) is 0 Å². The molecule has 2 heterocycles. The van der Waals surface area contributed by atoms with Crippen LogP contribution in [0.4, 0.5) is 17.6 Å². The van der Waals surface area contributed by atoms with Crippen molar-refractivity contribution in [2.45, 2.75) is 39.0 Å². The number of carbonyl (C=O) groups excluding carboxylic acids is 2. The first-order valence-electron chi connectivity index (χ1n) is 12.6. The Morgan fingerprint density at radius 2 is 1.69 bits per heavy atom. The number of carbonyl (C=O) groups is 2. The molecule has 0 bridgehead atoms. The van der Waals surface area contributed by atoms with Gasteiger partial charge in [0.15, 0.2) is 23.2 Å². The fourth-order valence-corrected chi connectivity index (χ4v) is 5.12. The Labute approximate surface area is 222 Å². The molecule has 0 spiro atoms. The van der Waals surface area contributed by atoms with Gasteiger partial charge >= 0.3 is 5.69 Å². The van der Waals surface area contributed by atoms with Gasteiger partial charge in [0.05, 0.1) is 17.0 Å². The molecule has 3 aromatic rings. The largest absolute Gasteiger partial charge is 0.367 e. The number of likely N-dealkylation sites (tertiary alicyclic amines) is 1. The van der Waals surface area contributed by atoms with Gasteiger partial charge in [-0.15, -0.1) is 0 Å². The number of rotatable bonds is 9. The van der Waals surface area contributed by atoms with E-state index in [1.807, 2.05) is 0 Å². The number of piperidine rings is 1. The lowest BCUT2D eigenvalue weighted by Gasteiger charge is -2.32. The highest BCUT2D eigenvalue weighted by molar-refractivity contribution is 6.01. The Kier molecular flexibility index (Phi) is 8.59. The summed E-state index contributed by atoms with van der Waals surface area (Å²) in [4.78, 5) is 43.6. The molecule has 39 heavy (non-hydrogen) atoms. The van der Waals surface area contributed by atoms with Crippen molar-refractivity contribution in [2.24, 2.45) is 0 Å². The molecule has 1 fully saturated rings. The average molecular weight is 545 g/mol. The maximum Gasteiger partial charge on any atom is 0.367 e. The molecule has 206 valence electrons.